The maximum absolute atomic E-state index is 12.8. The molecule has 0 radical (unpaired) electrons. The van der Waals surface area contributed by atoms with E-state index in [1.165, 1.54) is 24.6 Å². The standard InChI is InChI=1S/C19H19N3O3S/c1-26(25,16-8-3-2-4-9-16)22-19(24)14-11-17(18(20)21-12-14)13-6-5-7-15(23)10-13/h2-8,10-12,16,23H,9H2,1H3,(H2,20,21)/t16?,26-/m0/s1. The Kier molecular flexibility index (Phi) is 4.90. The highest BCUT2D eigenvalue weighted by atomic mass is 32.2. The number of nitrogens with two attached hydrogens (primary N) is 1. The number of aromatic hydroxyl groups is 1. The normalized spacial score (nSPS) is 18.3. The first kappa shape index (κ1) is 17.9. The SMILES string of the molecule is C[S@@](=O)(=NC(=O)c1cnc(N)c(-c2cccc(O)c2)c1)C1C=CC=CC1. The Labute approximate surface area is 152 Å². The highest BCUT2D eigenvalue weighted by molar-refractivity contribution is 7.94. The molecular formula is C19H19N3O3S. The van der Waals surface area contributed by atoms with Crippen molar-refractivity contribution in [3.63, 3.8) is 0 Å². The molecule has 7 heteroatoms. The summed E-state index contributed by atoms with van der Waals surface area (Å²) in [5.41, 5.74) is 7.24. The van der Waals surface area contributed by atoms with Crippen LogP contribution in [0.5, 0.6) is 5.75 Å². The molecule has 1 aromatic heterocycles. The minimum Gasteiger partial charge on any atom is -0.508 e. The van der Waals surface area contributed by atoms with Gasteiger partial charge in [0.25, 0.3) is 5.91 Å². The van der Waals surface area contributed by atoms with Crippen LogP contribution in [0.4, 0.5) is 5.82 Å². The Hall–Kier alpha value is -2.93. The summed E-state index contributed by atoms with van der Waals surface area (Å²) in [5, 5.41) is 9.34. The van der Waals surface area contributed by atoms with Crippen molar-refractivity contribution in [2.24, 2.45) is 4.36 Å². The molecule has 6 nitrogen and oxygen atoms in total. The summed E-state index contributed by atoms with van der Waals surface area (Å²) in [6.45, 7) is 0. The summed E-state index contributed by atoms with van der Waals surface area (Å²) >= 11 is 0. The largest absolute Gasteiger partial charge is 0.508 e. The third-order valence-corrected chi connectivity index (χ3v) is 6.09. The van der Waals surface area contributed by atoms with E-state index in [9.17, 15) is 14.1 Å². The number of nitrogen functional groups attached to an aromatic ring is 1. The Morgan fingerprint density at radius 2 is 2.15 bits per heavy atom. The van der Waals surface area contributed by atoms with Gasteiger partial charge >= 0.3 is 0 Å². The van der Waals surface area contributed by atoms with Gasteiger partial charge in [0.2, 0.25) is 0 Å². The lowest BCUT2D eigenvalue weighted by atomic mass is 10.0. The number of pyridine rings is 1. The summed E-state index contributed by atoms with van der Waals surface area (Å²) in [6, 6.07) is 8.04. The number of carbonyl (C=O) groups is 1. The molecule has 1 unspecified atom stereocenters. The van der Waals surface area contributed by atoms with Crippen molar-refractivity contribution in [1.82, 2.24) is 4.98 Å². The topological polar surface area (TPSA) is 106 Å². The zero-order chi connectivity index (χ0) is 18.7. The zero-order valence-corrected chi connectivity index (χ0v) is 15.0. The second-order valence-electron chi connectivity index (χ2n) is 6.05. The predicted molar refractivity (Wildman–Crippen MR) is 103 cm³/mol. The van der Waals surface area contributed by atoms with Crippen molar-refractivity contribution in [1.29, 1.82) is 0 Å². The molecule has 1 aliphatic carbocycles. The molecule has 1 aromatic carbocycles. The molecule has 2 aromatic rings. The number of phenols is 1. The molecular weight excluding hydrogens is 350 g/mol. The zero-order valence-electron chi connectivity index (χ0n) is 14.2. The monoisotopic (exact) mass is 369 g/mol. The maximum atomic E-state index is 12.8. The number of aromatic nitrogens is 1. The van der Waals surface area contributed by atoms with Crippen molar-refractivity contribution in [3.8, 4) is 16.9 Å². The van der Waals surface area contributed by atoms with Gasteiger partial charge in [0.1, 0.15) is 11.6 Å². The van der Waals surface area contributed by atoms with Gasteiger partial charge in [-0.2, -0.15) is 4.36 Å². The maximum Gasteiger partial charge on any atom is 0.286 e. The van der Waals surface area contributed by atoms with E-state index < -0.39 is 15.6 Å². The van der Waals surface area contributed by atoms with Crippen LogP contribution in [0.1, 0.15) is 16.8 Å². The average molecular weight is 369 g/mol. The van der Waals surface area contributed by atoms with E-state index >= 15 is 0 Å². The van der Waals surface area contributed by atoms with Crippen molar-refractivity contribution in [2.75, 3.05) is 12.0 Å². The van der Waals surface area contributed by atoms with Crippen LogP contribution in [0.3, 0.4) is 0 Å². The number of nitrogens with zero attached hydrogens (tertiary/aromatic N) is 2. The molecule has 0 aliphatic heterocycles. The summed E-state index contributed by atoms with van der Waals surface area (Å²) in [4.78, 5) is 16.6. The summed E-state index contributed by atoms with van der Waals surface area (Å²) < 4.78 is 16.8. The van der Waals surface area contributed by atoms with Crippen molar-refractivity contribution >= 4 is 21.5 Å². The molecule has 2 atom stereocenters. The molecule has 134 valence electrons. The lowest BCUT2D eigenvalue weighted by Gasteiger charge is -2.14. The van der Waals surface area contributed by atoms with Gasteiger partial charge in [-0.25, -0.2) is 9.19 Å². The van der Waals surface area contributed by atoms with E-state index in [1.54, 1.807) is 24.3 Å². The average Bonchev–Trinajstić information content (AvgIpc) is 2.62. The summed E-state index contributed by atoms with van der Waals surface area (Å²) in [7, 11) is -2.74. The van der Waals surface area contributed by atoms with Crippen LogP contribution in [-0.2, 0) is 9.73 Å². The van der Waals surface area contributed by atoms with Crippen LogP contribution in [0.2, 0.25) is 0 Å². The van der Waals surface area contributed by atoms with Crippen molar-refractivity contribution in [2.45, 2.75) is 11.7 Å². The van der Waals surface area contributed by atoms with Crippen molar-refractivity contribution < 1.29 is 14.1 Å². The lowest BCUT2D eigenvalue weighted by Crippen LogP contribution is -2.19. The van der Waals surface area contributed by atoms with Gasteiger partial charge in [-0.05, 0) is 30.2 Å². The fraction of sp³-hybridized carbons (Fsp3) is 0.158. The minimum atomic E-state index is -2.74. The molecule has 1 amide bonds. The first-order valence-corrected chi connectivity index (χ1v) is 9.99. The van der Waals surface area contributed by atoms with Crippen LogP contribution >= 0.6 is 0 Å². The highest BCUT2D eigenvalue weighted by Crippen LogP contribution is 2.28. The van der Waals surface area contributed by atoms with Crippen LogP contribution in [0.15, 0.2) is 65.2 Å². The molecule has 1 heterocycles. The smallest absolute Gasteiger partial charge is 0.286 e. The minimum absolute atomic E-state index is 0.0806. The summed E-state index contributed by atoms with van der Waals surface area (Å²) in [5.74, 6) is -0.295. The lowest BCUT2D eigenvalue weighted by molar-refractivity contribution is 0.100. The van der Waals surface area contributed by atoms with E-state index in [2.05, 4.69) is 9.35 Å². The van der Waals surface area contributed by atoms with Crippen LogP contribution in [-0.4, -0.2) is 31.7 Å². The number of allylic oxidation sites excluding steroid dienone is 3. The number of phenolic OH excluding ortho intramolecular Hbond substituents is 1. The van der Waals surface area contributed by atoms with E-state index in [0.29, 0.717) is 17.5 Å². The Balaban J connectivity index is 1.97. The van der Waals surface area contributed by atoms with Gasteiger partial charge in [-0.3, -0.25) is 4.79 Å². The molecule has 0 fully saturated rings. The molecule has 3 N–H and O–H groups in total. The Morgan fingerprint density at radius 1 is 1.35 bits per heavy atom. The van der Waals surface area contributed by atoms with E-state index in [0.717, 1.165) is 0 Å². The number of rotatable bonds is 3. The first-order valence-electron chi connectivity index (χ1n) is 8.00. The molecule has 0 bridgehead atoms. The first-order chi connectivity index (χ1) is 12.4. The third-order valence-electron chi connectivity index (χ3n) is 4.09. The van der Waals surface area contributed by atoms with Crippen LogP contribution in [0, 0.1) is 0 Å². The van der Waals surface area contributed by atoms with E-state index in [-0.39, 0.29) is 22.4 Å². The van der Waals surface area contributed by atoms with Gasteiger partial charge in [-0.1, -0.05) is 36.4 Å². The number of benzene rings is 1. The van der Waals surface area contributed by atoms with Crippen LogP contribution in [0.25, 0.3) is 11.1 Å². The van der Waals surface area contributed by atoms with Gasteiger partial charge in [0.05, 0.1) is 20.5 Å². The van der Waals surface area contributed by atoms with Gasteiger partial charge in [0.15, 0.2) is 0 Å². The van der Waals surface area contributed by atoms with Gasteiger partial charge in [-0.15, -0.1) is 0 Å². The second kappa shape index (κ2) is 7.13. The third kappa shape index (κ3) is 3.83. The quantitative estimate of drug-likeness (QED) is 0.864. The Morgan fingerprint density at radius 3 is 2.85 bits per heavy atom. The number of hydrogen-bond donors (Lipinski definition) is 2. The van der Waals surface area contributed by atoms with Crippen molar-refractivity contribution in [3.05, 3.63) is 66.4 Å². The van der Waals surface area contributed by atoms with Gasteiger partial charge < -0.3 is 10.8 Å². The molecule has 0 saturated carbocycles. The fourth-order valence-corrected chi connectivity index (χ4v) is 4.08. The predicted octanol–water partition coefficient (Wildman–Crippen LogP) is 3.16. The number of hydrogen-bond acceptors (Lipinski definition) is 5. The van der Waals surface area contributed by atoms with E-state index in [4.69, 9.17) is 5.73 Å². The number of anilines is 1. The molecule has 3 rings (SSSR count). The molecule has 0 spiro atoms. The summed E-state index contributed by atoms with van der Waals surface area (Å²) in [6.07, 6.45) is 10.8. The second-order valence-corrected chi connectivity index (χ2v) is 8.56. The Bertz CT molecular complexity index is 1030. The van der Waals surface area contributed by atoms with Crippen LogP contribution < -0.4 is 5.73 Å². The molecule has 1 aliphatic rings. The van der Waals surface area contributed by atoms with Gasteiger partial charge in [0, 0.05) is 18.0 Å². The number of amides is 1. The highest BCUT2D eigenvalue weighted by Gasteiger charge is 2.19. The van der Waals surface area contributed by atoms with E-state index in [1.807, 2.05) is 18.2 Å². The molecule has 26 heavy (non-hydrogen) atoms. The number of carbonyl (C=O) groups excluding carboxylic acids is 1. The molecule has 0 saturated heterocycles. The fourth-order valence-electron chi connectivity index (χ4n) is 2.66.